The first kappa shape index (κ1) is 25.3. The van der Waals surface area contributed by atoms with E-state index in [9.17, 15) is 9.59 Å². The van der Waals surface area contributed by atoms with Gasteiger partial charge in [0.1, 0.15) is 13.2 Å². The van der Waals surface area contributed by atoms with Gasteiger partial charge in [-0.15, -0.1) is 11.3 Å². The van der Waals surface area contributed by atoms with E-state index in [0.717, 1.165) is 11.3 Å². The molecule has 2 rings (SSSR count). The Kier molecular flexibility index (Phi) is 12.2. The van der Waals surface area contributed by atoms with Crippen molar-refractivity contribution < 1.29 is 47.5 Å². The second-order valence-electron chi connectivity index (χ2n) is 6.01. The van der Waals surface area contributed by atoms with Crippen LogP contribution in [-0.2, 0) is 28.4 Å². The zero-order chi connectivity index (χ0) is 22.3. The third-order valence-electron chi connectivity index (χ3n) is 3.81. The first-order valence-corrected chi connectivity index (χ1v) is 11.1. The molecule has 1 aromatic rings. The summed E-state index contributed by atoms with van der Waals surface area (Å²) < 4.78 is 43.6. The van der Waals surface area contributed by atoms with Crippen molar-refractivity contribution in [2.24, 2.45) is 0 Å². The number of carbonyl (C=O) groups excluding carboxylic acids is 2. The van der Waals surface area contributed by atoms with Gasteiger partial charge in [-0.2, -0.15) is 0 Å². The molecule has 1 aliphatic rings. The normalized spacial score (nSPS) is 17.2. The van der Waals surface area contributed by atoms with E-state index >= 15 is 0 Å². The minimum atomic E-state index is -0.604. The van der Waals surface area contributed by atoms with Gasteiger partial charge in [0, 0.05) is 0 Å². The number of rotatable bonds is 4. The van der Waals surface area contributed by atoms with E-state index < -0.39 is 11.9 Å². The highest BCUT2D eigenvalue weighted by Crippen LogP contribution is 2.43. The first-order valence-electron chi connectivity index (χ1n) is 10.3. The van der Waals surface area contributed by atoms with E-state index in [-0.39, 0.29) is 60.9 Å². The summed E-state index contributed by atoms with van der Waals surface area (Å²) in [6, 6.07) is 0. The summed E-state index contributed by atoms with van der Waals surface area (Å²) in [7, 11) is 0. The molecule has 0 spiro atoms. The zero-order valence-electron chi connectivity index (χ0n) is 18.0. The molecular formula is C20H30O10S. The number of hydrogen-bond acceptors (Lipinski definition) is 11. The fourth-order valence-electron chi connectivity index (χ4n) is 2.49. The fourth-order valence-corrected chi connectivity index (χ4v) is 3.47. The summed E-state index contributed by atoms with van der Waals surface area (Å²) in [5.74, 6) is -0.938. The molecule has 1 aromatic heterocycles. The average molecular weight is 463 g/mol. The minimum absolute atomic E-state index is 0.131. The van der Waals surface area contributed by atoms with E-state index in [2.05, 4.69) is 0 Å². The second-order valence-corrected chi connectivity index (χ2v) is 7.03. The van der Waals surface area contributed by atoms with Crippen LogP contribution in [0, 0.1) is 0 Å². The molecule has 31 heavy (non-hydrogen) atoms. The predicted octanol–water partition coefficient (Wildman–Crippen LogP) is 1.94. The standard InChI is InChI=1S/C20H30O10S/c1-3-27-19(21)17-15-16(18(31-17)20(22)28-4-2)30-14-12-26-10-8-24-6-5-23-7-9-25-11-13-29-15/h3-14H2,1-2H3. The van der Waals surface area contributed by atoms with Crippen molar-refractivity contribution in [3.8, 4) is 11.5 Å². The van der Waals surface area contributed by atoms with Crippen LogP contribution in [0.1, 0.15) is 33.2 Å². The van der Waals surface area contributed by atoms with Gasteiger partial charge < -0.3 is 37.9 Å². The summed E-state index contributed by atoms with van der Waals surface area (Å²) in [4.78, 5) is 25.2. The lowest BCUT2D eigenvalue weighted by atomic mass is 10.3. The molecular weight excluding hydrogens is 432 g/mol. The molecule has 0 saturated carbocycles. The lowest BCUT2D eigenvalue weighted by Crippen LogP contribution is -2.16. The van der Waals surface area contributed by atoms with Crippen LogP contribution in [0.5, 0.6) is 11.5 Å². The fraction of sp³-hybridized carbons (Fsp3) is 0.700. The van der Waals surface area contributed by atoms with Gasteiger partial charge in [0.15, 0.2) is 21.3 Å². The zero-order valence-corrected chi connectivity index (χ0v) is 18.8. The van der Waals surface area contributed by atoms with Crippen LogP contribution in [0.15, 0.2) is 0 Å². The molecule has 0 N–H and O–H groups in total. The number of fused-ring (bicyclic) bond motifs is 1. The van der Waals surface area contributed by atoms with Gasteiger partial charge in [-0.05, 0) is 13.8 Å². The van der Waals surface area contributed by atoms with E-state index in [0.29, 0.717) is 39.6 Å². The van der Waals surface area contributed by atoms with Crippen molar-refractivity contribution in [3.05, 3.63) is 9.75 Å². The van der Waals surface area contributed by atoms with Gasteiger partial charge in [0.25, 0.3) is 0 Å². The third kappa shape index (κ3) is 8.62. The minimum Gasteiger partial charge on any atom is -0.486 e. The molecule has 0 amide bonds. The summed E-state index contributed by atoms with van der Waals surface area (Å²) in [6.45, 7) is 7.12. The molecule has 0 saturated heterocycles. The molecule has 10 nitrogen and oxygen atoms in total. The molecule has 0 bridgehead atoms. The lowest BCUT2D eigenvalue weighted by Gasteiger charge is -2.13. The van der Waals surface area contributed by atoms with Crippen LogP contribution in [0.4, 0.5) is 0 Å². The smallest absolute Gasteiger partial charge is 0.352 e. The van der Waals surface area contributed by atoms with Crippen molar-refractivity contribution >= 4 is 23.3 Å². The highest BCUT2D eigenvalue weighted by Gasteiger charge is 2.31. The SMILES string of the molecule is CCOC(=O)c1sc(C(=O)OCC)c2c1OCCOCCOCCOCCOCCO2. The van der Waals surface area contributed by atoms with Crippen molar-refractivity contribution in [1.82, 2.24) is 0 Å². The van der Waals surface area contributed by atoms with Crippen LogP contribution in [0.25, 0.3) is 0 Å². The van der Waals surface area contributed by atoms with Crippen molar-refractivity contribution in [1.29, 1.82) is 0 Å². The van der Waals surface area contributed by atoms with Crippen molar-refractivity contribution in [2.75, 3.05) is 79.3 Å². The molecule has 0 aromatic carbocycles. The molecule has 1 aliphatic heterocycles. The van der Waals surface area contributed by atoms with E-state index in [1.807, 2.05) is 0 Å². The Bertz CT molecular complexity index is 621. The lowest BCUT2D eigenvalue weighted by molar-refractivity contribution is -0.00849. The Balaban J connectivity index is 2.21. The van der Waals surface area contributed by atoms with E-state index in [1.54, 1.807) is 13.8 Å². The molecule has 2 heterocycles. The molecule has 0 fully saturated rings. The monoisotopic (exact) mass is 462 g/mol. The van der Waals surface area contributed by atoms with Gasteiger partial charge in [0.2, 0.25) is 0 Å². The van der Waals surface area contributed by atoms with Gasteiger partial charge in [-0.3, -0.25) is 0 Å². The maximum Gasteiger partial charge on any atom is 0.352 e. The molecule has 0 atom stereocenters. The quantitative estimate of drug-likeness (QED) is 0.616. The van der Waals surface area contributed by atoms with E-state index in [1.165, 1.54) is 0 Å². The van der Waals surface area contributed by atoms with Crippen molar-refractivity contribution in [2.45, 2.75) is 13.8 Å². The topological polar surface area (TPSA) is 108 Å². The maximum absolute atomic E-state index is 12.5. The molecule has 0 unspecified atom stereocenters. The highest BCUT2D eigenvalue weighted by molar-refractivity contribution is 7.16. The third-order valence-corrected chi connectivity index (χ3v) is 4.92. The number of thiophene rings is 1. The Labute approximate surface area is 185 Å². The maximum atomic E-state index is 12.5. The summed E-state index contributed by atoms with van der Waals surface area (Å²) >= 11 is 0.914. The molecule has 176 valence electrons. The largest absolute Gasteiger partial charge is 0.486 e. The first-order chi connectivity index (χ1) is 15.2. The molecule has 0 aliphatic carbocycles. The second kappa shape index (κ2) is 15.0. The van der Waals surface area contributed by atoms with Gasteiger partial charge in [-0.25, -0.2) is 9.59 Å². The predicted molar refractivity (Wildman–Crippen MR) is 110 cm³/mol. The summed E-state index contributed by atoms with van der Waals surface area (Å²) in [6.07, 6.45) is 0. The molecule has 0 radical (unpaired) electrons. The Hall–Kier alpha value is -1.92. The Morgan fingerprint density at radius 2 is 0.968 bits per heavy atom. The summed E-state index contributed by atoms with van der Waals surface area (Å²) in [5, 5.41) is 0. The van der Waals surface area contributed by atoms with E-state index in [4.69, 9.17) is 37.9 Å². The van der Waals surface area contributed by atoms with Gasteiger partial charge >= 0.3 is 11.9 Å². The average Bonchev–Trinajstić information content (AvgIpc) is 3.12. The summed E-state index contributed by atoms with van der Waals surface area (Å²) in [5.41, 5.74) is 0. The van der Waals surface area contributed by atoms with Gasteiger partial charge in [0.05, 0.1) is 66.1 Å². The number of hydrogen-bond donors (Lipinski definition) is 0. The molecule has 11 heteroatoms. The number of carbonyl (C=O) groups is 2. The number of esters is 2. The van der Waals surface area contributed by atoms with Crippen molar-refractivity contribution in [3.63, 3.8) is 0 Å². The van der Waals surface area contributed by atoms with Crippen LogP contribution in [0.3, 0.4) is 0 Å². The van der Waals surface area contributed by atoms with Gasteiger partial charge in [-0.1, -0.05) is 0 Å². The Morgan fingerprint density at radius 1 is 0.645 bits per heavy atom. The van der Waals surface area contributed by atoms with Crippen LogP contribution in [-0.4, -0.2) is 91.2 Å². The number of ether oxygens (including phenoxy) is 8. The van der Waals surface area contributed by atoms with Crippen LogP contribution >= 0.6 is 11.3 Å². The van der Waals surface area contributed by atoms with Crippen LogP contribution < -0.4 is 9.47 Å². The Morgan fingerprint density at radius 3 is 1.29 bits per heavy atom. The highest BCUT2D eigenvalue weighted by atomic mass is 32.1. The van der Waals surface area contributed by atoms with Crippen LogP contribution in [0.2, 0.25) is 0 Å².